The molecule has 0 amide bonds. The number of halogens is 1. The van der Waals surface area contributed by atoms with Crippen LogP contribution in [-0.4, -0.2) is 11.9 Å². The van der Waals surface area contributed by atoms with Gasteiger partial charge in [0.2, 0.25) is 5.90 Å². The first-order chi connectivity index (χ1) is 15.2. The van der Waals surface area contributed by atoms with Crippen molar-refractivity contribution in [2.45, 2.75) is 26.0 Å². The van der Waals surface area contributed by atoms with Crippen LogP contribution in [0.25, 0.3) is 0 Å². The predicted molar refractivity (Wildman–Crippen MR) is 132 cm³/mol. The Morgan fingerprint density at radius 2 is 1.58 bits per heavy atom. The van der Waals surface area contributed by atoms with Crippen LogP contribution in [0.15, 0.2) is 107 Å². The Labute approximate surface area is 189 Å². The Bertz CT molecular complexity index is 1140. The molecule has 0 aromatic heterocycles. The van der Waals surface area contributed by atoms with E-state index in [1.165, 1.54) is 21.5 Å². The normalized spacial score (nSPS) is 17.3. The van der Waals surface area contributed by atoms with Gasteiger partial charge in [-0.1, -0.05) is 84.4 Å². The Morgan fingerprint density at radius 3 is 2.26 bits per heavy atom. The molecule has 0 N–H and O–H groups in total. The minimum atomic E-state index is -0.633. The fourth-order valence-corrected chi connectivity index (χ4v) is 6.99. The molecule has 0 radical (unpaired) electrons. The second-order valence-corrected chi connectivity index (χ2v) is 10.3. The third kappa shape index (κ3) is 4.11. The Balaban J connectivity index is 1.49. The monoisotopic (exact) mass is 443 g/mol. The third-order valence-electron chi connectivity index (χ3n) is 5.64. The lowest BCUT2D eigenvalue weighted by molar-refractivity contribution is 0.310. The molecule has 4 heteroatoms. The summed E-state index contributed by atoms with van der Waals surface area (Å²) in [6.45, 7) is 2.70. The van der Waals surface area contributed by atoms with E-state index in [9.17, 15) is 0 Å². The minimum absolute atomic E-state index is 0.0165. The standard InChI is InChI=1S/C27H23ClNOP/c1-19(29-27-25-16-15-21(28)17-20(25)18-30-27)24-13-8-14-26(24)31(22-9-4-2-5-10-22)23-11-6-3-7-12-23/h2-7,9-17,19H,8,18H2,1H3/b29-27-/t19-/m1/s1. The van der Waals surface area contributed by atoms with Crippen molar-refractivity contribution < 1.29 is 4.74 Å². The molecule has 0 fully saturated rings. The molecule has 3 aromatic rings. The summed E-state index contributed by atoms with van der Waals surface area (Å²) in [6, 6.07) is 27.5. The number of fused-ring (bicyclic) bond motifs is 1. The molecule has 0 saturated carbocycles. The molecule has 5 rings (SSSR count). The predicted octanol–water partition coefficient (Wildman–Crippen LogP) is 6.35. The summed E-state index contributed by atoms with van der Waals surface area (Å²) in [7, 11) is -0.633. The molecule has 2 nitrogen and oxygen atoms in total. The highest BCUT2D eigenvalue weighted by atomic mass is 35.5. The van der Waals surface area contributed by atoms with Crippen molar-refractivity contribution in [3.8, 4) is 0 Å². The third-order valence-corrected chi connectivity index (χ3v) is 8.42. The quantitative estimate of drug-likeness (QED) is 0.421. The van der Waals surface area contributed by atoms with Crippen molar-refractivity contribution in [1.29, 1.82) is 0 Å². The van der Waals surface area contributed by atoms with Crippen LogP contribution in [0, 0.1) is 0 Å². The zero-order valence-electron chi connectivity index (χ0n) is 17.3. The Morgan fingerprint density at radius 1 is 0.903 bits per heavy atom. The van der Waals surface area contributed by atoms with Crippen LogP contribution < -0.4 is 10.6 Å². The van der Waals surface area contributed by atoms with Gasteiger partial charge in [-0.15, -0.1) is 0 Å². The van der Waals surface area contributed by atoms with Crippen LogP contribution in [0.1, 0.15) is 24.5 Å². The summed E-state index contributed by atoms with van der Waals surface area (Å²) in [6.07, 6.45) is 5.65. The molecule has 1 atom stereocenters. The van der Waals surface area contributed by atoms with E-state index in [-0.39, 0.29) is 6.04 Å². The summed E-state index contributed by atoms with van der Waals surface area (Å²) in [5.74, 6) is 0.718. The number of hydrogen-bond acceptors (Lipinski definition) is 2. The highest BCUT2D eigenvalue weighted by molar-refractivity contribution is 7.77. The van der Waals surface area contributed by atoms with Gasteiger partial charge in [0.05, 0.1) is 6.04 Å². The number of nitrogens with zero attached hydrogens (tertiary/aromatic N) is 1. The van der Waals surface area contributed by atoms with Crippen LogP contribution in [0.3, 0.4) is 0 Å². The molecule has 0 spiro atoms. The summed E-state index contributed by atoms with van der Waals surface area (Å²) in [5, 5.41) is 4.86. The van der Waals surface area contributed by atoms with Gasteiger partial charge in [0.15, 0.2) is 0 Å². The molecule has 2 aliphatic rings. The summed E-state index contributed by atoms with van der Waals surface area (Å²) >= 11 is 6.14. The van der Waals surface area contributed by atoms with E-state index < -0.39 is 7.92 Å². The van der Waals surface area contributed by atoms with Gasteiger partial charge in [-0.3, -0.25) is 0 Å². The molecule has 3 aromatic carbocycles. The highest BCUT2D eigenvalue weighted by Gasteiger charge is 2.28. The molecule has 1 aliphatic carbocycles. The summed E-state index contributed by atoms with van der Waals surface area (Å²) in [4.78, 5) is 5.00. The number of benzene rings is 3. The van der Waals surface area contributed by atoms with Gasteiger partial charge in [0, 0.05) is 16.1 Å². The van der Waals surface area contributed by atoms with Crippen LogP contribution >= 0.6 is 19.5 Å². The average molecular weight is 444 g/mol. The molecule has 31 heavy (non-hydrogen) atoms. The molecule has 0 saturated heterocycles. The van der Waals surface area contributed by atoms with Crippen molar-refractivity contribution in [1.82, 2.24) is 0 Å². The van der Waals surface area contributed by atoms with E-state index in [4.69, 9.17) is 21.3 Å². The van der Waals surface area contributed by atoms with Gasteiger partial charge >= 0.3 is 0 Å². The lowest BCUT2D eigenvalue weighted by atomic mass is 10.1. The maximum Gasteiger partial charge on any atom is 0.217 e. The molecule has 154 valence electrons. The fourth-order valence-electron chi connectivity index (χ4n) is 4.17. The van der Waals surface area contributed by atoms with Crippen molar-refractivity contribution in [2.24, 2.45) is 4.99 Å². The number of aliphatic imine (C=N–C) groups is 1. The van der Waals surface area contributed by atoms with Crippen LogP contribution in [-0.2, 0) is 11.3 Å². The summed E-state index contributed by atoms with van der Waals surface area (Å²) < 4.78 is 5.92. The smallest absolute Gasteiger partial charge is 0.217 e. The van der Waals surface area contributed by atoms with E-state index in [1.54, 1.807) is 0 Å². The maximum absolute atomic E-state index is 6.14. The van der Waals surface area contributed by atoms with Gasteiger partial charge in [0.25, 0.3) is 0 Å². The van der Waals surface area contributed by atoms with Gasteiger partial charge < -0.3 is 4.74 Å². The van der Waals surface area contributed by atoms with E-state index in [0.29, 0.717) is 6.61 Å². The SMILES string of the molecule is C[C@@H](/N=C1\OCc2cc(Cl)ccc21)C1=CCC=C1P(c1ccccc1)c1ccccc1. The molecule has 0 bridgehead atoms. The molecule has 1 aliphatic heterocycles. The Kier molecular flexibility index (Phi) is 5.76. The molecular formula is C27H23ClNOP. The van der Waals surface area contributed by atoms with Gasteiger partial charge in [-0.05, 0) is 61.0 Å². The number of hydrogen-bond donors (Lipinski definition) is 0. The highest BCUT2D eigenvalue weighted by Crippen LogP contribution is 2.50. The largest absolute Gasteiger partial charge is 0.473 e. The second-order valence-electron chi connectivity index (χ2n) is 7.69. The minimum Gasteiger partial charge on any atom is -0.473 e. The van der Waals surface area contributed by atoms with Crippen LogP contribution in [0.2, 0.25) is 5.02 Å². The fraction of sp³-hybridized carbons (Fsp3) is 0.148. The van der Waals surface area contributed by atoms with Crippen molar-refractivity contribution in [3.05, 3.63) is 118 Å². The molecule has 0 unspecified atom stereocenters. The van der Waals surface area contributed by atoms with E-state index in [0.717, 1.165) is 28.5 Å². The summed E-state index contributed by atoms with van der Waals surface area (Å²) in [5.41, 5.74) is 3.46. The van der Waals surface area contributed by atoms with Crippen molar-refractivity contribution in [2.75, 3.05) is 0 Å². The molecular weight excluding hydrogens is 421 g/mol. The van der Waals surface area contributed by atoms with Crippen molar-refractivity contribution >= 4 is 36.0 Å². The molecule has 1 heterocycles. The van der Waals surface area contributed by atoms with Gasteiger partial charge in [-0.25, -0.2) is 4.99 Å². The topological polar surface area (TPSA) is 21.6 Å². The first-order valence-corrected chi connectivity index (χ1v) is 12.2. The lowest BCUT2D eigenvalue weighted by Gasteiger charge is -2.24. The Hall–Kier alpha value is -2.67. The second kappa shape index (κ2) is 8.83. The van der Waals surface area contributed by atoms with Gasteiger partial charge in [-0.2, -0.15) is 0 Å². The average Bonchev–Trinajstić information content (AvgIpc) is 3.43. The van der Waals surface area contributed by atoms with Gasteiger partial charge in [0.1, 0.15) is 6.61 Å². The van der Waals surface area contributed by atoms with Crippen LogP contribution in [0.5, 0.6) is 0 Å². The maximum atomic E-state index is 6.14. The van der Waals surface area contributed by atoms with E-state index >= 15 is 0 Å². The zero-order valence-corrected chi connectivity index (χ0v) is 19.0. The lowest BCUT2D eigenvalue weighted by Crippen LogP contribution is -2.16. The first kappa shape index (κ1) is 20.2. The first-order valence-electron chi connectivity index (χ1n) is 10.5. The van der Waals surface area contributed by atoms with Crippen molar-refractivity contribution in [3.63, 3.8) is 0 Å². The van der Waals surface area contributed by atoms with Crippen LogP contribution in [0.4, 0.5) is 0 Å². The number of ether oxygens (including phenoxy) is 1. The van der Waals surface area contributed by atoms with E-state index in [1.807, 2.05) is 18.2 Å². The number of rotatable bonds is 5. The van der Waals surface area contributed by atoms with E-state index in [2.05, 4.69) is 79.7 Å². The zero-order chi connectivity index (χ0) is 21.2. The number of allylic oxidation sites excluding steroid dienone is 2.